The number of aromatic nitrogens is 3. The van der Waals surface area contributed by atoms with Crippen molar-refractivity contribution in [2.24, 2.45) is 0 Å². The van der Waals surface area contributed by atoms with Crippen LogP contribution in [-0.2, 0) is 6.54 Å². The number of aryl methyl sites for hydroxylation is 2. The lowest BCUT2D eigenvalue weighted by atomic mass is 9.94. The van der Waals surface area contributed by atoms with Gasteiger partial charge in [0.25, 0.3) is 0 Å². The molecular formula is C20H29N5O. The molecule has 0 bridgehead atoms. The van der Waals surface area contributed by atoms with Gasteiger partial charge in [-0.25, -0.2) is 9.97 Å². The summed E-state index contributed by atoms with van der Waals surface area (Å²) in [4.78, 5) is 16.1. The van der Waals surface area contributed by atoms with Crippen LogP contribution in [-0.4, -0.2) is 42.2 Å². The molecule has 0 aliphatic carbocycles. The molecule has 6 nitrogen and oxygen atoms in total. The van der Waals surface area contributed by atoms with Crippen molar-refractivity contribution in [1.82, 2.24) is 20.3 Å². The molecule has 3 heterocycles. The van der Waals surface area contributed by atoms with E-state index in [1.165, 1.54) is 0 Å². The van der Waals surface area contributed by atoms with Gasteiger partial charge in [-0.15, -0.1) is 0 Å². The summed E-state index contributed by atoms with van der Waals surface area (Å²) in [5, 5.41) is 3.42. The van der Waals surface area contributed by atoms with E-state index in [1.807, 2.05) is 20.0 Å². The maximum Gasteiger partial charge on any atom is 0.132 e. The molecule has 0 radical (unpaired) electrons. The van der Waals surface area contributed by atoms with Crippen LogP contribution in [0.5, 0.6) is 5.75 Å². The Hall–Kier alpha value is -2.21. The fourth-order valence-electron chi connectivity index (χ4n) is 3.63. The van der Waals surface area contributed by atoms with Gasteiger partial charge < -0.3 is 15.0 Å². The summed E-state index contributed by atoms with van der Waals surface area (Å²) in [6.45, 7) is 8.86. The highest BCUT2D eigenvalue weighted by molar-refractivity contribution is 5.45. The fraction of sp³-hybridized carbons (Fsp3) is 0.550. The van der Waals surface area contributed by atoms with Crippen LogP contribution in [0, 0.1) is 20.8 Å². The lowest BCUT2D eigenvalue weighted by Crippen LogP contribution is -2.27. The van der Waals surface area contributed by atoms with E-state index in [1.54, 1.807) is 7.11 Å². The highest BCUT2D eigenvalue weighted by Crippen LogP contribution is 2.28. The lowest BCUT2D eigenvalue weighted by molar-refractivity contribution is 0.407. The third-order valence-electron chi connectivity index (χ3n) is 5.13. The first-order valence-electron chi connectivity index (χ1n) is 9.26. The van der Waals surface area contributed by atoms with E-state index in [-0.39, 0.29) is 0 Å². The Labute approximate surface area is 156 Å². The smallest absolute Gasteiger partial charge is 0.132 e. The molecule has 6 heteroatoms. The van der Waals surface area contributed by atoms with E-state index in [0.29, 0.717) is 12.5 Å². The average Bonchev–Trinajstić information content (AvgIpc) is 2.64. The van der Waals surface area contributed by atoms with Gasteiger partial charge in [-0.3, -0.25) is 4.98 Å². The van der Waals surface area contributed by atoms with Gasteiger partial charge in [-0.2, -0.15) is 0 Å². The van der Waals surface area contributed by atoms with E-state index in [4.69, 9.17) is 9.72 Å². The second kappa shape index (κ2) is 7.99. The second-order valence-corrected chi connectivity index (χ2v) is 7.12. The zero-order valence-electron chi connectivity index (χ0n) is 16.5. The maximum absolute atomic E-state index is 5.53. The molecule has 26 heavy (non-hydrogen) atoms. The zero-order chi connectivity index (χ0) is 18.7. The van der Waals surface area contributed by atoms with Crippen LogP contribution in [0.4, 0.5) is 5.82 Å². The quantitative estimate of drug-likeness (QED) is 0.890. The molecule has 1 aliphatic heterocycles. The van der Waals surface area contributed by atoms with Gasteiger partial charge in [0.2, 0.25) is 0 Å². The summed E-state index contributed by atoms with van der Waals surface area (Å²) >= 11 is 0. The molecule has 1 aliphatic rings. The number of nitrogens with one attached hydrogen (secondary N) is 1. The highest BCUT2D eigenvalue weighted by Gasteiger charge is 2.19. The van der Waals surface area contributed by atoms with Gasteiger partial charge in [-0.05, 0) is 46.7 Å². The Morgan fingerprint density at radius 3 is 2.62 bits per heavy atom. The molecule has 140 valence electrons. The van der Waals surface area contributed by atoms with Crippen molar-refractivity contribution in [2.75, 3.05) is 32.1 Å². The van der Waals surface area contributed by atoms with Crippen molar-refractivity contribution in [3.05, 3.63) is 40.6 Å². The first kappa shape index (κ1) is 18.6. The summed E-state index contributed by atoms with van der Waals surface area (Å²) in [7, 11) is 3.77. The number of piperidine rings is 1. The van der Waals surface area contributed by atoms with E-state index in [2.05, 4.69) is 40.2 Å². The number of rotatable bonds is 5. The molecular weight excluding hydrogens is 326 g/mol. The lowest BCUT2D eigenvalue weighted by Gasteiger charge is -2.25. The molecule has 2 aromatic rings. The minimum atomic E-state index is 0.518. The highest BCUT2D eigenvalue weighted by atomic mass is 16.5. The number of pyridine rings is 1. The molecule has 2 aromatic heterocycles. The Morgan fingerprint density at radius 1 is 1.19 bits per heavy atom. The summed E-state index contributed by atoms with van der Waals surface area (Å²) in [6.07, 6.45) is 4.14. The Balaban J connectivity index is 1.84. The number of hydrogen-bond donors (Lipinski definition) is 1. The van der Waals surface area contributed by atoms with Crippen molar-refractivity contribution < 1.29 is 4.74 Å². The van der Waals surface area contributed by atoms with Crippen molar-refractivity contribution in [3.8, 4) is 5.75 Å². The van der Waals surface area contributed by atoms with Crippen molar-refractivity contribution in [3.63, 3.8) is 0 Å². The normalized spacial score (nSPS) is 15.1. The minimum absolute atomic E-state index is 0.518. The van der Waals surface area contributed by atoms with Crippen LogP contribution in [0.3, 0.4) is 0 Å². The largest absolute Gasteiger partial charge is 0.496 e. The van der Waals surface area contributed by atoms with Gasteiger partial charge in [-0.1, -0.05) is 0 Å². The summed E-state index contributed by atoms with van der Waals surface area (Å²) < 4.78 is 5.53. The first-order chi connectivity index (χ1) is 12.5. The van der Waals surface area contributed by atoms with Crippen molar-refractivity contribution in [1.29, 1.82) is 0 Å². The Bertz CT molecular complexity index is 771. The van der Waals surface area contributed by atoms with E-state index in [0.717, 1.165) is 65.8 Å². The molecule has 0 amide bonds. The summed E-state index contributed by atoms with van der Waals surface area (Å²) in [5.74, 6) is 3.21. The number of ether oxygens (including phenoxy) is 1. The minimum Gasteiger partial charge on any atom is -0.496 e. The van der Waals surface area contributed by atoms with Gasteiger partial charge in [0, 0.05) is 42.0 Å². The maximum atomic E-state index is 5.53. The molecule has 3 rings (SSSR count). The predicted octanol–water partition coefficient (Wildman–Crippen LogP) is 2.91. The molecule has 0 spiro atoms. The van der Waals surface area contributed by atoms with Gasteiger partial charge in [0.1, 0.15) is 17.4 Å². The number of methoxy groups -OCH3 is 1. The predicted molar refractivity (Wildman–Crippen MR) is 104 cm³/mol. The molecule has 0 aromatic carbocycles. The molecule has 0 atom stereocenters. The van der Waals surface area contributed by atoms with Crippen LogP contribution in [0.2, 0.25) is 0 Å². The topological polar surface area (TPSA) is 63.2 Å². The van der Waals surface area contributed by atoms with E-state index < -0.39 is 0 Å². The molecule has 1 saturated heterocycles. The molecule has 1 N–H and O–H groups in total. The summed E-state index contributed by atoms with van der Waals surface area (Å²) in [6, 6.07) is 2.14. The zero-order valence-corrected chi connectivity index (χ0v) is 16.5. The van der Waals surface area contributed by atoms with Gasteiger partial charge in [0.15, 0.2) is 0 Å². The molecule has 0 unspecified atom stereocenters. The third kappa shape index (κ3) is 3.96. The van der Waals surface area contributed by atoms with E-state index >= 15 is 0 Å². The second-order valence-electron chi connectivity index (χ2n) is 7.12. The van der Waals surface area contributed by atoms with Gasteiger partial charge >= 0.3 is 0 Å². The van der Waals surface area contributed by atoms with E-state index in [9.17, 15) is 0 Å². The summed E-state index contributed by atoms with van der Waals surface area (Å²) in [5.41, 5.74) is 4.31. The van der Waals surface area contributed by atoms with Crippen molar-refractivity contribution >= 4 is 5.82 Å². The average molecular weight is 355 g/mol. The third-order valence-corrected chi connectivity index (χ3v) is 5.13. The van der Waals surface area contributed by atoms with Gasteiger partial charge in [0.05, 0.1) is 19.3 Å². The van der Waals surface area contributed by atoms with Crippen LogP contribution < -0.4 is 15.0 Å². The SMILES string of the molecule is COc1c(C)cnc(CN(C)c2cc(C3CCNCC3)nc(C)n2)c1C. The monoisotopic (exact) mass is 355 g/mol. The van der Waals surface area contributed by atoms with Crippen LogP contribution in [0.25, 0.3) is 0 Å². The fourth-order valence-corrected chi connectivity index (χ4v) is 3.63. The number of hydrogen-bond acceptors (Lipinski definition) is 6. The molecule has 0 saturated carbocycles. The van der Waals surface area contributed by atoms with Crippen LogP contribution in [0.15, 0.2) is 12.3 Å². The van der Waals surface area contributed by atoms with Crippen LogP contribution in [0.1, 0.15) is 47.1 Å². The molecule has 1 fully saturated rings. The Morgan fingerprint density at radius 2 is 1.92 bits per heavy atom. The Kier molecular flexibility index (Phi) is 5.71. The number of nitrogens with zero attached hydrogens (tertiary/aromatic N) is 4. The first-order valence-corrected chi connectivity index (χ1v) is 9.26. The van der Waals surface area contributed by atoms with Crippen LogP contribution >= 0.6 is 0 Å². The van der Waals surface area contributed by atoms with Crippen molar-refractivity contribution in [2.45, 2.75) is 46.1 Å². The number of anilines is 1. The standard InChI is InChI=1S/C20H29N5O/c1-13-11-22-18(14(2)20(13)26-5)12-25(4)19-10-17(23-15(3)24-19)16-6-8-21-9-7-16/h10-11,16,21H,6-9,12H2,1-5H3.